The Morgan fingerprint density at radius 3 is 2.45 bits per heavy atom. The quantitative estimate of drug-likeness (QED) is 0.138. The molecule has 240 valence electrons. The van der Waals surface area contributed by atoms with Gasteiger partial charge in [0.15, 0.2) is 0 Å². The number of carbonyl (C=O) groups is 2. The second kappa shape index (κ2) is 14.1. The standard InChI is InChI=1S/C32H48FN7O3Si/c1-20(2)40-26(15-16-34-40)31(41)37-29(24-11-9-21(3)10-12-24)32(42)36-27-14-13-25(30(33)35-27)28-22(4)38-39(23(28)5)19-43-17-18-44(6,7)8/h13-16,20-21,24,29H,9-12,17-19H2,1-8H3,(H,37,41)(H,35,36,42)/t21?,24?,29-/m0/s1. The highest BCUT2D eigenvalue weighted by Gasteiger charge is 2.34. The summed E-state index contributed by atoms with van der Waals surface area (Å²) in [5, 5.41) is 14.6. The van der Waals surface area contributed by atoms with Gasteiger partial charge in [0.2, 0.25) is 11.9 Å². The molecule has 0 aliphatic heterocycles. The predicted molar refractivity (Wildman–Crippen MR) is 173 cm³/mol. The molecule has 0 radical (unpaired) electrons. The number of amides is 2. The number of carbonyl (C=O) groups excluding carboxylic acids is 2. The first-order valence-electron chi connectivity index (χ1n) is 15.7. The molecule has 10 nitrogen and oxygen atoms in total. The second-order valence-electron chi connectivity index (χ2n) is 13.6. The van der Waals surface area contributed by atoms with Gasteiger partial charge in [-0.3, -0.25) is 14.3 Å². The van der Waals surface area contributed by atoms with Crippen molar-refractivity contribution < 1.29 is 18.7 Å². The van der Waals surface area contributed by atoms with Gasteiger partial charge >= 0.3 is 0 Å². The van der Waals surface area contributed by atoms with E-state index in [1.807, 2.05) is 27.7 Å². The van der Waals surface area contributed by atoms with E-state index in [0.29, 0.717) is 41.8 Å². The predicted octanol–water partition coefficient (Wildman–Crippen LogP) is 6.35. The highest BCUT2D eigenvalue weighted by atomic mass is 28.3. The summed E-state index contributed by atoms with van der Waals surface area (Å²) >= 11 is 0. The molecule has 1 aliphatic rings. The van der Waals surface area contributed by atoms with Crippen molar-refractivity contribution in [2.45, 2.75) is 105 Å². The zero-order chi connectivity index (χ0) is 32.2. The molecule has 1 atom stereocenters. The topological polar surface area (TPSA) is 116 Å². The van der Waals surface area contributed by atoms with Crippen molar-refractivity contribution in [2.24, 2.45) is 11.8 Å². The van der Waals surface area contributed by atoms with Crippen molar-refractivity contribution in [3.05, 3.63) is 47.4 Å². The Morgan fingerprint density at radius 2 is 1.82 bits per heavy atom. The van der Waals surface area contributed by atoms with E-state index in [1.54, 1.807) is 33.8 Å². The van der Waals surface area contributed by atoms with Gasteiger partial charge in [0.25, 0.3) is 5.91 Å². The van der Waals surface area contributed by atoms with E-state index >= 15 is 4.39 Å². The van der Waals surface area contributed by atoms with E-state index in [-0.39, 0.29) is 23.7 Å². The number of anilines is 1. The molecule has 0 unspecified atom stereocenters. The van der Waals surface area contributed by atoms with Gasteiger partial charge in [0, 0.05) is 43.7 Å². The van der Waals surface area contributed by atoms with Gasteiger partial charge in [-0.1, -0.05) is 39.4 Å². The molecular formula is C32H48FN7O3Si. The number of hydrogen-bond acceptors (Lipinski definition) is 6. The van der Waals surface area contributed by atoms with Crippen LogP contribution in [0, 0.1) is 31.6 Å². The highest BCUT2D eigenvalue weighted by Crippen LogP contribution is 2.32. The minimum absolute atomic E-state index is 0.0129. The van der Waals surface area contributed by atoms with Gasteiger partial charge in [-0.05, 0) is 76.6 Å². The first kappa shape index (κ1) is 33.5. The van der Waals surface area contributed by atoms with E-state index in [0.717, 1.165) is 37.4 Å². The van der Waals surface area contributed by atoms with Crippen LogP contribution in [0.15, 0.2) is 24.4 Å². The van der Waals surface area contributed by atoms with Gasteiger partial charge in [-0.2, -0.15) is 14.6 Å². The lowest BCUT2D eigenvalue weighted by Gasteiger charge is -2.32. The van der Waals surface area contributed by atoms with Crippen LogP contribution in [-0.4, -0.2) is 57.1 Å². The maximum atomic E-state index is 15.5. The SMILES string of the molecule is Cc1nn(COCC[Si](C)(C)C)c(C)c1-c1ccc(NC(=O)[C@@H](NC(=O)c2ccnn2C(C)C)C2CCC(C)CC2)nc1F. The van der Waals surface area contributed by atoms with Crippen LogP contribution < -0.4 is 10.6 Å². The number of hydrogen-bond donors (Lipinski definition) is 2. The van der Waals surface area contributed by atoms with Gasteiger partial charge in [0.1, 0.15) is 24.3 Å². The third-order valence-electron chi connectivity index (χ3n) is 8.45. The van der Waals surface area contributed by atoms with Crippen molar-refractivity contribution in [3.63, 3.8) is 0 Å². The molecule has 0 bridgehead atoms. The maximum Gasteiger partial charge on any atom is 0.270 e. The van der Waals surface area contributed by atoms with Crippen LogP contribution in [-0.2, 0) is 16.3 Å². The highest BCUT2D eigenvalue weighted by molar-refractivity contribution is 6.76. The normalized spacial score (nSPS) is 18.0. The molecule has 3 aromatic heterocycles. The number of nitrogens with zero attached hydrogens (tertiary/aromatic N) is 5. The Balaban J connectivity index is 1.50. The molecule has 44 heavy (non-hydrogen) atoms. The summed E-state index contributed by atoms with van der Waals surface area (Å²) in [7, 11) is -1.21. The fraction of sp³-hybridized carbons (Fsp3) is 0.594. The summed E-state index contributed by atoms with van der Waals surface area (Å²) in [6.07, 6.45) is 5.16. The van der Waals surface area contributed by atoms with Crippen LogP contribution in [0.25, 0.3) is 11.1 Å². The van der Waals surface area contributed by atoms with Crippen LogP contribution >= 0.6 is 0 Å². The van der Waals surface area contributed by atoms with Crippen LogP contribution in [0.2, 0.25) is 25.7 Å². The maximum absolute atomic E-state index is 15.5. The molecule has 12 heteroatoms. The molecule has 1 fully saturated rings. The Hall–Kier alpha value is -3.38. The van der Waals surface area contributed by atoms with Crippen molar-refractivity contribution >= 4 is 25.7 Å². The average molecular weight is 626 g/mol. The fourth-order valence-electron chi connectivity index (χ4n) is 5.77. The number of halogens is 1. The number of aromatic nitrogens is 5. The molecule has 2 amide bonds. The summed E-state index contributed by atoms with van der Waals surface area (Å²) in [5.41, 5.74) is 2.80. The van der Waals surface area contributed by atoms with Crippen molar-refractivity contribution in [1.82, 2.24) is 29.9 Å². The number of pyridine rings is 1. The van der Waals surface area contributed by atoms with Crippen LogP contribution in [0.1, 0.15) is 74.4 Å². The zero-order valence-electron chi connectivity index (χ0n) is 27.4. The van der Waals surface area contributed by atoms with Crippen molar-refractivity contribution in [1.29, 1.82) is 0 Å². The van der Waals surface area contributed by atoms with Crippen LogP contribution in [0.5, 0.6) is 0 Å². The molecule has 0 spiro atoms. The summed E-state index contributed by atoms with van der Waals surface area (Å²) in [4.78, 5) is 31.1. The molecule has 1 saturated carbocycles. The van der Waals surface area contributed by atoms with E-state index < -0.39 is 26.0 Å². The Bertz CT molecular complexity index is 1450. The summed E-state index contributed by atoms with van der Waals surface area (Å²) in [6.45, 7) is 17.7. The molecule has 2 N–H and O–H groups in total. The lowest BCUT2D eigenvalue weighted by molar-refractivity contribution is -0.119. The minimum atomic E-state index is -1.21. The Kier molecular flexibility index (Phi) is 10.8. The Morgan fingerprint density at radius 1 is 1.11 bits per heavy atom. The summed E-state index contributed by atoms with van der Waals surface area (Å²) < 4.78 is 24.7. The lowest BCUT2D eigenvalue weighted by Crippen LogP contribution is -2.49. The third kappa shape index (κ3) is 8.20. The zero-order valence-corrected chi connectivity index (χ0v) is 28.4. The molecule has 3 heterocycles. The summed E-state index contributed by atoms with van der Waals surface area (Å²) in [5.74, 6) is -0.866. The van der Waals surface area contributed by atoms with E-state index in [1.165, 1.54) is 0 Å². The van der Waals surface area contributed by atoms with E-state index in [4.69, 9.17) is 4.74 Å². The van der Waals surface area contributed by atoms with Crippen LogP contribution in [0.3, 0.4) is 0 Å². The molecular weight excluding hydrogens is 577 g/mol. The molecule has 0 aromatic carbocycles. The van der Waals surface area contributed by atoms with Gasteiger partial charge in [-0.15, -0.1) is 0 Å². The fourth-order valence-corrected chi connectivity index (χ4v) is 6.53. The smallest absolute Gasteiger partial charge is 0.270 e. The monoisotopic (exact) mass is 625 g/mol. The molecule has 4 rings (SSSR count). The molecule has 0 saturated heterocycles. The van der Waals surface area contributed by atoms with Crippen molar-refractivity contribution in [3.8, 4) is 11.1 Å². The number of ether oxygens (including phenoxy) is 1. The molecule has 1 aliphatic carbocycles. The third-order valence-corrected chi connectivity index (χ3v) is 10.2. The lowest BCUT2D eigenvalue weighted by atomic mass is 9.79. The van der Waals surface area contributed by atoms with Crippen LogP contribution in [0.4, 0.5) is 10.2 Å². The first-order chi connectivity index (χ1) is 20.7. The van der Waals surface area contributed by atoms with E-state index in [2.05, 4.69) is 52.4 Å². The Labute approximate surface area is 261 Å². The number of aryl methyl sites for hydroxylation is 1. The van der Waals surface area contributed by atoms with Gasteiger partial charge in [-0.25, -0.2) is 9.67 Å². The first-order valence-corrected chi connectivity index (χ1v) is 19.4. The number of nitrogens with one attached hydrogen (secondary N) is 2. The number of rotatable bonds is 12. The van der Waals surface area contributed by atoms with Crippen molar-refractivity contribution in [2.75, 3.05) is 11.9 Å². The largest absolute Gasteiger partial charge is 0.360 e. The van der Waals surface area contributed by atoms with E-state index in [9.17, 15) is 9.59 Å². The molecule has 3 aromatic rings. The van der Waals surface area contributed by atoms with Gasteiger partial charge in [0.05, 0.1) is 5.69 Å². The summed E-state index contributed by atoms with van der Waals surface area (Å²) in [6, 6.07) is 5.10. The van der Waals surface area contributed by atoms with Gasteiger partial charge < -0.3 is 15.4 Å². The minimum Gasteiger partial charge on any atom is -0.360 e. The average Bonchev–Trinajstić information content (AvgIpc) is 3.55. The second-order valence-corrected chi connectivity index (χ2v) is 19.3.